The van der Waals surface area contributed by atoms with Crippen LogP contribution in [-0.4, -0.2) is 146 Å². The summed E-state index contributed by atoms with van der Waals surface area (Å²) in [5.74, 6) is 8.68. The highest BCUT2D eigenvalue weighted by molar-refractivity contribution is 6.00. The second-order valence-electron chi connectivity index (χ2n) is 27.4. The molecule has 8 N–H and O–H groups in total. The van der Waals surface area contributed by atoms with Crippen LogP contribution in [0.4, 0.5) is 0 Å². The lowest BCUT2D eigenvalue weighted by Gasteiger charge is -2.55. The van der Waals surface area contributed by atoms with E-state index in [0.29, 0.717) is 24.1 Å². The van der Waals surface area contributed by atoms with Crippen LogP contribution >= 0.6 is 0 Å². The fraction of sp³-hybridized carbons (Fsp3) is 0.945. The average molecular weight is 955 g/mol. The number of hydrogen-bond donors (Lipinski definition) is 7. The zero-order valence-corrected chi connectivity index (χ0v) is 47.9. The first-order chi connectivity index (χ1) is 31.2. The molecule has 0 bridgehead atoms. The highest BCUT2D eigenvalue weighted by Crippen LogP contribution is 2.39. The van der Waals surface area contributed by atoms with Gasteiger partial charge in [-0.3, -0.25) is 11.3 Å². The number of guanidine groups is 2. The number of nitrogens with two attached hydrogens (primary N) is 1. The Morgan fingerprint density at radius 3 is 1.41 bits per heavy atom. The summed E-state index contributed by atoms with van der Waals surface area (Å²) in [4.78, 5) is 18.5. The largest absolute Gasteiger partial charge is 0.358 e. The van der Waals surface area contributed by atoms with Crippen molar-refractivity contribution in [3.05, 3.63) is 0 Å². The summed E-state index contributed by atoms with van der Waals surface area (Å²) in [5.41, 5.74) is 0.153. The van der Waals surface area contributed by atoms with E-state index in [0.717, 1.165) is 83.5 Å². The number of unbranched alkanes of at least 4 members (excludes halogenated alkanes) is 6. The summed E-state index contributed by atoms with van der Waals surface area (Å²) in [7, 11) is 1.80. The minimum atomic E-state index is -0.221. The third-order valence-electron chi connectivity index (χ3n) is 15.8. The van der Waals surface area contributed by atoms with E-state index in [4.69, 9.17) is 21.2 Å². The van der Waals surface area contributed by atoms with E-state index in [1.807, 2.05) is 0 Å². The van der Waals surface area contributed by atoms with E-state index in [-0.39, 0.29) is 56.3 Å². The molecule has 4 aliphatic rings. The molecule has 0 saturated carbocycles. The van der Waals surface area contributed by atoms with E-state index in [1.165, 1.54) is 57.8 Å². The molecule has 4 fully saturated rings. The van der Waals surface area contributed by atoms with Crippen molar-refractivity contribution in [2.75, 3.05) is 39.8 Å². The predicted molar refractivity (Wildman–Crippen MR) is 293 cm³/mol. The zero-order valence-electron chi connectivity index (χ0n) is 47.9. The van der Waals surface area contributed by atoms with Gasteiger partial charge in [0.2, 0.25) is 11.9 Å². The summed E-state index contributed by atoms with van der Waals surface area (Å²) in [5, 5.41) is 29.6. The highest BCUT2D eigenvalue weighted by atomic mass is 15.5. The van der Waals surface area contributed by atoms with Crippen molar-refractivity contribution in [3.63, 3.8) is 0 Å². The van der Waals surface area contributed by atoms with Gasteiger partial charge in [0.15, 0.2) is 0 Å². The van der Waals surface area contributed by atoms with Gasteiger partial charge in [-0.05, 0) is 214 Å². The van der Waals surface area contributed by atoms with E-state index in [2.05, 4.69) is 171 Å². The first-order valence-corrected chi connectivity index (χ1v) is 27.5. The van der Waals surface area contributed by atoms with E-state index in [1.54, 1.807) is 7.05 Å². The van der Waals surface area contributed by atoms with Gasteiger partial charge in [0.05, 0.1) is 0 Å². The molecular weight excluding hydrogens is 843 g/mol. The molecule has 396 valence electrons. The molecule has 0 aliphatic carbocycles. The van der Waals surface area contributed by atoms with Gasteiger partial charge in [0, 0.05) is 88.6 Å². The monoisotopic (exact) mass is 954 g/mol. The van der Waals surface area contributed by atoms with Crippen molar-refractivity contribution < 1.29 is 0 Å². The number of hydrazine groups is 1. The van der Waals surface area contributed by atoms with Crippen LogP contribution in [0, 0.1) is 5.41 Å². The quantitative estimate of drug-likeness (QED) is 0.0289. The van der Waals surface area contributed by atoms with E-state index >= 15 is 0 Å². The van der Waals surface area contributed by atoms with Crippen molar-refractivity contribution in [1.82, 2.24) is 46.3 Å². The molecule has 0 aromatic rings. The molecular formula is C55H111N13. The number of nitrogens with one attached hydrogen (secondary N) is 6. The second kappa shape index (κ2) is 23.3. The van der Waals surface area contributed by atoms with Crippen molar-refractivity contribution in [1.29, 1.82) is 5.41 Å². The standard InChI is InChI=1S/C55H111N13/c1-20-65(43-35-50(7,8)63-51(9,10)36-43)30-26-23-24-28-32-67(45-39-54(15,16)68(57)55(17,18)40-45)47(61-46(56)58-19)60-41(2)66(44-37-52(11,12)64-53(13,14)38-44)31-27-22-21-25-29-59-42-33-48(3,4)62-49(5,6)34-42/h42-45,59,62-64H,20-40,57H2,1-19H3,(H2,56,58)/b60-41+,61-47+. The minimum Gasteiger partial charge on any atom is -0.358 e. The number of nitrogens with zero attached hydrogens (tertiary/aromatic N) is 6. The van der Waals surface area contributed by atoms with Crippen molar-refractivity contribution in [3.8, 4) is 0 Å². The van der Waals surface area contributed by atoms with Crippen molar-refractivity contribution >= 4 is 17.8 Å². The predicted octanol–water partition coefficient (Wildman–Crippen LogP) is 9.37. The highest BCUT2D eigenvalue weighted by Gasteiger charge is 2.47. The van der Waals surface area contributed by atoms with Gasteiger partial charge < -0.3 is 41.3 Å². The number of rotatable bonds is 19. The van der Waals surface area contributed by atoms with Gasteiger partial charge in [-0.1, -0.05) is 32.6 Å². The third kappa shape index (κ3) is 18.0. The normalized spacial score (nSPS) is 25.4. The lowest BCUT2D eigenvalue weighted by Crippen LogP contribution is -2.67. The molecule has 0 atom stereocenters. The average Bonchev–Trinajstić information content (AvgIpc) is 3.14. The molecule has 0 aromatic heterocycles. The SMILES string of the molecule is CCN(CCCCCCN(C(=N/C(=N)NC)/N=C(\C)N(CCCCCCNC1CC(C)(C)NC(C)(C)C1)C1CC(C)(C)NC(C)(C)C1)C1CC(C)(C)N(N)C(C)(C)C1)C1CC(C)(C)NC(C)(C)C1. The molecule has 13 heteroatoms. The summed E-state index contributed by atoms with van der Waals surface area (Å²) >= 11 is 0. The Balaban J connectivity index is 1.55. The van der Waals surface area contributed by atoms with Gasteiger partial charge in [-0.15, -0.1) is 0 Å². The first-order valence-electron chi connectivity index (χ1n) is 27.5. The van der Waals surface area contributed by atoms with Crippen LogP contribution in [0.25, 0.3) is 0 Å². The van der Waals surface area contributed by atoms with Crippen LogP contribution < -0.4 is 32.4 Å². The van der Waals surface area contributed by atoms with Crippen LogP contribution in [0.3, 0.4) is 0 Å². The maximum Gasteiger partial charge on any atom is 0.230 e. The molecule has 4 saturated heterocycles. The topological polar surface area (TPSA) is 148 Å². The van der Waals surface area contributed by atoms with Crippen LogP contribution in [0.2, 0.25) is 0 Å². The Hall–Kier alpha value is -1.87. The van der Waals surface area contributed by atoms with Gasteiger partial charge in [0.1, 0.15) is 5.84 Å². The molecule has 4 rings (SSSR count). The Morgan fingerprint density at radius 2 is 0.956 bits per heavy atom. The zero-order chi connectivity index (χ0) is 51.1. The smallest absolute Gasteiger partial charge is 0.230 e. The van der Waals surface area contributed by atoms with Crippen LogP contribution in [-0.2, 0) is 0 Å². The molecule has 4 heterocycles. The van der Waals surface area contributed by atoms with Gasteiger partial charge >= 0.3 is 0 Å². The van der Waals surface area contributed by atoms with Gasteiger partial charge in [-0.25, -0.2) is 10.0 Å². The number of amidine groups is 1. The fourth-order valence-electron chi connectivity index (χ4n) is 14.1. The molecule has 0 unspecified atom stereocenters. The van der Waals surface area contributed by atoms with Crippen molar-refractivity contribution in [2.24, 2.45) is 15.8 Å². The maximum absolute atomic E-state index is 8.91. The molecule has 13 nitrogen and oxygen atoms in total. The summed E-state index contributed by atoms with van der Waals surface area (Å²) < 4.78 is 0. The van der Waals surface area contributed by atoms with Crippen LogP contribution in [0.5, 0.6) is 0 Å². The fourth-order valence-corrected chi connectivity index (χ4v) is 14.1. The van der Waals surface area contributed by atoms with Gasteiger partial charge in [-0.2, -0.15) is 4.99 Å². The first kappa shape index (κ1) is 58.7. The van der Waals surface area contributed by atoms with Crippen LogP contribution in [0.15, 0.2) is 9.98 Å². The Bertz CT molecular complexity index is 1590. The summed E-state index contributed by atoms with van der Waals surface area (Å²) in [6, 6.07) is 1.67. The Morgan fingerprint density at radius 1 is 0.559 bits per heavy atom. The second-order valence-corrected chi connectivity index (χ2v) is 27.4. The Labute approximate surface area is 419 Å². The van der Waals surface area contributed by atoms with Crippen LogP contribution in [0.1, 0.15) is 227 Å². The van der Waals surface area contributed by atoms with Crippen molar-refractivity contribution in [2.45, 2.75) is 296 Å². The number of aliphatic imine (C=N–C) groups is 2. The lowest BCUT2D eigenvalue weighted by atomic mass is 9.78. The summed E-state index contributed by atoms with van der Waals surface area (Å²) in [6.45, 7) is 47.0. The summed E-state index contributed by atoms with van der Waals surface area (Å²) in [6.07, 6.45) is 17.9. The molecule has 0 amide bonds. The number of hydrogen-bond acceptors (Lipinski definition) is 8. The molecule has 0 aromatic carbocycles. The molecule has 0 radical (unpaired) electrons. The maximum atomic E-state index is 8.91. The number of piperidine rings is 4. The van der Waals surface area contributed by atoms with Gasteiger partial charge in [0.25, 0.3) is 0 Å². The molecule has 68 heavy (non-hydrogen) atoms. The van der Waals surface area contributed by atoms with E-state index in [9.17, 15) is 0 Å². The lowest BCUT2D eigenvalue weighted by molar-refractivity contribution is -0.0564. The Kier molecular flexibility index (Phi) is 20.1. The third-order valence-corrected chi connectivity index (χ3v) is 15.8. The molecule has 4 aliphatic heterocycles. The van der Waals surface area contributed by atoms with E-state index < -0.39 is 0 Å². The molecule has 0 spiro atoms. The minimum absolute atomic E-state index is 0.00604.